The van der Waals surface area contributed by atoms with Gasteiger partial charge in [0, 0.05) is 16.5 Å². The Morgan fingerprint density at radius 3 is 2.42 bits per heavy atom. The molecule has 0 fully saturated rings. The van der Waals surface area contributed by atoms with E-state index in [9.17, 15) is 9.59 Å². The quantitative estimate of drug-likeness (QED) is 0.473. The Labute approximate surface area is 163 Å². The number of halogens is 1. The van der Waals surface area contributed by atoms with E-state index in [1.54, 1.807) is 24.3 Å². The highest BCUT2D eigenvalue weighted by Crippen LogP contribution is 2.16. The Bertz CT molecular complexity index is 717. The molecule has 0 spiro atoms. The number of amides is 1. The lowest BCUT2D eigenvalue weighted by molar-refractivity contribution is -0.113. The van der Waals surface area contributed by atoms with Gasteiger partial charge in [-0.3, -0.25) is 4.79 Å². The summed E-state index contributed by atoms with van der Waals surface area (Å²) in [5, 5.41) is 3.53. The van der Waals surface area contributed by atoms with Gasteiger partial charge >= 0.3 is 5.97 Å². The van der Waals surface area contributed by atoms with Crippen LogP contribution in [0.15, 0.2) is 48.5 Å². The predicted octanol–water partition coefficient (Wildman–Crippen LogP) is 5.17. The van der Waals surface area contributed by atoms with Gasteiger partial charge in [0.1, 0.15) is 0 Å². The number of ether oxygens (including phenoxy) is 1. The SMILES string of the molecule is CCCCOC(=O)c1ccc(NC(=O)CSCc2ccc(Cl)cc2)cc1. The molecule has 4 nitrogen and oxygen atoms in total. The minimum atomic E-state index is -0.338. The van der Waals surface area contributed by atoms with Crippen LogP contribution in [0.3, 0.4) is 0 Å². The summed E-state index contributed by atoms with van der Waals surface area (Å²) in [6.07, 6.45) is 1.84. The molecule has 0 radical (unpaired) electrons. The van der Waals surface area contributed by atoms with Gasteiger partial charge < -0.3 is 10.1 Å². The van der Waals surface area contributed by atoms with Crippen molar-refractivity contribution in [2.24, 2.45) is 0 Å². The first-order valence-corrected chi connectivity index (χ1v) is 10.0. The standard InChI is InChI=1S/C20H22ClNO3S/c1-2-3-12-25-20(24)16-6-10-18(11-7-16)22-19(23)14-26-13-15-4-8-17(21)9-5-15/h4-11H,2-3,12-14H2,1H3,(H,22,23). The second-order valence-electron chi connectivity index (χ2n) is 5.73. The predicted molar refractivity (Wildman–Crippen MR) is 108 cm³/mol. The van der Waals surface area contributed by atoms with Gasteiger partial charge in [-0.25, -0.2) is 4.79 Å². The van der Waals surface area contributed by atoms with E-state index >= 15 is 0 Å². The summed E-state index contributed by atoms with van der Waals surface area (Å²) in [5.41, 5.74) is 2.27. The summed E-state index contributed by atoms with van der Waals surface area (Å²) in [7, 11) is 0. The van der Waals surface area contributed by atoms with E-state index in [4.69, 9.17) is 16.3 Å². The molecule has 2 aromatic carbocycles. The van der Waals surface area contributed by atoms with Crippen molar-refractivity contribution in [2.75, 3.05) is 17.7 Å². The molecule has 0 aromatic heterocycles. The zero-order valence-corrected chi connectivity index (χ0v) is 16.2. The van der Waals surface area contributed by atoms with E-state index in [1.807, 2.05) is 31.2 Å². The van der Waals surface area contributed by atoms with E-state index in [-0.39, 0.29) is 11.9 Å². The van der Waals surface area contributed by atoms with Gasteiger partial charge in [-0.15, -0.1) is 11.8 Å². The number of unbranched alkanes of at least 4 members (excludes halogenated alkanes) is 1. The van der Waals surface area contributed by atoms with Crippen molar-refractivity contribution in [2.45, 2.75) is 25.5 Å². The molecule has 2 rings (SSSR count). The van der Waals surface area contributed by atoms with E-state index in [0.29, 0.717) is 28.6 Å². The molecule has 0 aliphatic carbocycles. The molecular weight excluding hydrogens is 370 g/mol. The maximum absolute atomic E-state index is 12.0. The Balaban J connectivity index is 1.74. The van der Waals surface area contributed by atoms with Gasteiger partial charge in [0.15, 0.2) is 0 Å². The minimum Gasteiger partial charge on any atom is -0.462 e. The summed E-state index contributed by atoms with van der Waals surface area (Å²) in [4.78, 5) is 23.8. The van der Waals surface area contributed by atoms with Crippen LogP contribution in [0, 0.1) is 0 Å². The van der Waals surface area contributed by atoms with Crippen molar-refractivity contribution in [1.29, 1.82) is 0 Å². The van der Waals surface area contributed by atoms with Gasteiger partial charge in [0.25, 0.3) is 0 Å². The first-order valence-electron chi connectivity index (χ1n) is 8.47. The number of benzene rings is 2. The van der Waals surface area contributed by atoms with Gasteiger partial charge in [0.05, 0.1) is 17.9 Å². The second-order valence-corrected chi connectivity index (χ2v) is 7.16. The monoisotopic (exact) mass is 391 g/mol. The molecule has 0 aliphatic heterocycles. The normalized spacial score (nSPS) is 10.4. The average Bonchev–Trinajstić information content (AvgIpc) is 2.64. The lowest BCUT2D eigenvalue weighted by atomic mass is 10.2. The Kier molecular flexibility index (Phi) is 8.51. The van der Waals surface area contributed by atoms with Crippen LogP contribution < -0.4 is 5.32 Å². The molecule has 138 valence electrons. The zero-order valence-electron chi connectivity index (χ0n) is 14.7. The van der Waals surface area contributed by atoms with E-state index < -0.39 is 0 Å². The van der Waals surface area contributed by atoms with Crippen molar-refractivity contribution in [3.05, 3.63) is 64.7 Å². The fourth-order valence-electron chi connectivity index (χ4n) is 2.12. The van der Waals surface area contributed by atoms with Crippen molar-refractivity contribution in [1.82, 2.24) is 0 Å². The maximum atomic E-state index is 12.0. The largest absolute Gasteiger partial charge is 0.462 e. The Hall–Kier alpha value is -1.98. The summed E-state index contributed by atoms with van der Waals surface area (Å²) in [5.74, 6) is 0.674. The number of thioether (sulfide) groups is 1. The van der Waals surface area contributed by atoms with Gasteiger partial charge in [-0.2, -0.15) is 0 Å². The molecule has 0 atom stereocenters. The summed E-state index contributed by atoms with van der Waals surface area (Å²) in [6.45, 7) is 2.47. The lowest BCUT2D eigenvalue weighted by Crippen LogP contribution is -2.14. The van der Waals surface area contributed by atoms with Crippen LogP contribution in [0.5, 0.6) is 0 Å². The van der Waals surface area contributed by atoms with Gasteiger partial charge in [-0.05, 0) is 48.4 Å². The van der Waals surface area contributed by atoms with E-state index in [1.165, 1.54) is 11.8 Å². The number of hydrogen-bond donors (Lipinski definition) is 1. The van der Waals surface area contributed by atoms with Crippen molar-refractivity contribution in [3.63, 3.8) is 0 Å². The second kappa shape index (κ2) is 10.9. The number of nitrogens with one attached hydrogen (secondary N) is 1. The third kappa shape index (κ3) is 7.10. The molecular formula is C20H22ClNO3S. The summed E-state index contributed by atoms with van der Waals surface area (Å²) in [6, 6.07) is 14.3. The smallest absolute Gasteiger partial charge is 0.338 e. The third-order valence-corrected chi connectivity index (χ3v) is 4.81. The van der Waals surface area contributed by atoms with Crippen LogP contribution in [0.4, 0.5) is 5.69 Å². The van der Waals surface area contributed by atoms with E-state index in [2.05, 4.69) is 5.32 Å². The molecule has 6 heteroatoms. The Morgan fingerprint density at radius 1 is 1.08 bits per heavy atom. The number of carbonyl (C=O) groups is 2. The van der Waals surface area contributed by atoms with Gasteiger partial charge in [-0.1, -0.05) is 37.1 Å². The number of rotatable bonds is 9. The van der Waals surface area contributed by atoms with E-state index in [0.717, 1.165) is 24.2 Å². The van der Waals surface area contributed by atoms with Crippen molar-refractivity contribution in [3.8, 4) is 0 Å². The summed E-state index contributed by atoms with van der Waals surface area (Å²) < 4.78 is 5.15. The number of carbonyl (C=O) groups excluding carboxylic acids is 2. The van der Waals surface area contributed by atoms with Crippen molar-refractivity contribution < 1.29 is 14.3 Å². The topological polar surface area (TPSA) is 55.4 Å². The van der Waals surface area contributed by atoms with Crippen LogP contribution in [0.25, 0.3) is 0 Å². The average molecular weight is 392 g/mol. The molecule has 0 bridgehead atoms. The van der Waals surface area contributed by atoms with Crippen molar-refractivity contribution >= 4 is 40.9 Å². The highest BCUT2D eigenvalue weighted by Gasteiger charge is 2.08. The lowest BCUT2D eigenvalue weighted by Gasteiger charge is -2.07. The fourth-order valence-corrected chi connectivity index (χ4v) is 3.04. The summed E-state index contributed by atoms with van der Waals surface area (Å²) >= 11 is 7.38. The van der Waals surface area contributed by atoms with Gasteiger partial charge in [0.2, 0.25) is 5.91 Å². The van der Waals surface area contributed by atoms with Crippen LogP contribution in [0.1, 0.15) is 35.7 Å². The first kappa shape index (κ1) is 20.3. The molecule has 1 amide bonds. The number of hydrogen-bond acceptors (Lipinski definition) is 4. The third-order valence-electron chi connectivity index (χ3n) is 3.55. The maximum Gasteiger partial charge on any atom is 0.338 e. The fraction of sp³-hybridized carbons (Fsp3) is 0.300. The molecule has 26 heavy (non-hydrogen) atoms. The molecule has 0 heterocycles. The van der Waals surface area contributed by atoms with Crippen LogP contribution in [-0.2, 0) is 15.3 Å². The minimum absolute atomic E-state index is 0.0813. The zero-order chi connectivity index (χ0) is 18.8. The molecule has 0 aliphatic rings. The number of esters is 1. The van der Waals surface area contributed by atoms with Crippen LogP contribution in [0.2, 0.25) is 5.02 Å². The molecule has 2 aromatic rings. The molecule has 0 saturated heterocycles. The first-order chi connectivity index (χ1) is 12.6. The highest BCUT2D eigenvalue weighted by molar-refractivity contribution is 7.99. The Morgan fingerprint density at radius 2 is 1.77 bits per heavy atom. The highest BCUT2D eigenvalue weighted by atomic mass is 35.5. The molecule has 1 N–H and O–H groups in total. The van der Waals surface area contributed by atoms with Crippen LogP contribution >= 0.6 is 23.4 Å². The number of anilines is 1. The van der Waals surface area contributed by atoms with Crippen LogP contribution in [-0.4, -0.2) is 24.2 Å². The molecule has 0 saturated carbocycles. The molecule has 0 unspecified atom stereocenters.